The molecule has 0 saturated heterocycles. The van der Waals surface area contributed by atoms with E-state index in [0.717, 1.165) is 10.8 Å². The molecule has 2 aromatic carbocycles. The minimum atomic E-state index is -0.545. The summed E-state index contributed by atoms with van der Waals surface area (Å²) in [6.45, 7) is 1.86. The van der Waals surface area contributed by atoms with Gasteiger partial charge in [-0.1, -0.05) is 43.3 Å². The highest BCUT2D eigenvalue weighted by Gasteiger charge is 2.12. The van der Waals surface area contributed by atoms with Gasteiger partial charge in [0, 0.05) is 6.07 Å². The molecular formula is C19H19N3O2. The van der Waals surface area contributed by atoms with Crippen LogP contribution in [-0.2, 0) is 4.79 Å². The van der Waals surface area contributed by atoms with Crippen LogP contribution in [0.1, 0.15) is 13.3 Å². The second kappa shape index (κ2) is 7.10. The maximum atomic E-state index is 11.8. The molecule has 1 unspecified atom stereocenters. The molecule has 3 rings (SSSR count). The first-order chi connectivity index (χ1) is 11.7. The summed E-state index contributed by atoms with van der Waals surface area (Å²) >= 11 is 0. The van der Waals surface area contributed by atoms with Gasteiger partial charge in [0.15, 0.2) is 0 Å². The molecule has 1 atom stereocenters. The summed E-state index contributed by atoms with van der Waals surface area (Å²) in [5.41, 5.74) is 5.71. The number of aromatic nitrogens is 1. The summed E-state index contributed by atoms with van der Waals surface area (Å²) in [4.78, 5) is 16.1. The molecule has 1 heterocycles. The molecule has 1 aromatic heterocycles. The van der Waals surface area contributed by atoms with E-state index >= 15 is 0 Å². The molecule has 122 valence electrons. The predicted molar refractivity (Wildman–Crippen MR) is 95.2 cm³/mol. The topological polar surface area (TPSA) is 77.2 Å². The van der Waals surface area contributed by atoms with Crippen molar-refractivity contribution in [1.29, 1.82) is 0 Å². The Bertz CT molecular complexity index is 864. The van der Waals surface area contributed by atoms with Crippen LogP contribution in [0.5, 0.6) is 11.6 Å². The van der Waals surface area contributed by atoms with Crippen LogP contribution < -0.4 is 15.8 Å². The van der Waals surface area contributed by atoms with Crippen molar-refractivity contribution >= 4 is 22.5 Å². The van der Waals surface area contributed by atoms with E-state index in [2.05, 4.69) is 10.3 Å². The number of carbonyl (C=O) groups excluding carboxylic acids is 1. The number of rotatable bonds is 5. The average molecular weight is 321 g/mol. The van der Waals surface area contributed by atoms with Gasteiger partial charge in [0.05, 0.1) is 6.04 Å². The van der Waals surface area contributed by atoms with Gasteiger partial charge in [0.25, 0.3) is 0 Å². The Morgan fingerprint density at radius 3 is 2.71 bits per heavy atom. The van der Waals surface area contributed by atoms with Crippen LogP contribution in [0.4, 0.5) is 5.82 Å². The van der Waals surface area contributed by atoms with Crippen LogP contribution in [0, 0.1) is 0 Å². The lowest BCUT2D eigenvalue weighted by molar-refractivity contribution is -0.117. The number of hydrogen-bond acceptors (Lipinski definition) is 4. The van der Waals surface area contributed by atoms with Gasteiger partial charge in [-0.3, -0.25) is 4.79 Å². The number of ether oxygens (including phenoxy) is 1. The van der Waals surface area contributed by atoms with Gasteiger partial charge in [0.2, 0.25) is 11.8 Å². The van der Waals surface area contributed by atoms with Gasteiger partial charge in [0.1, 0.15) is 11.6 Å². The normalized spacial score (nSPS) is 11.9. The highest BCUT2D eigenvalue weighted by atomic mass is 16.5. The van der Waals surface area contributed by atoms with Crippen molar-refractivity contribution in [1.82, 2.24) is 4.98 Å². The van der Waals surface area contributed by atoms with Crippen LogP contribution in [0.15, 0.2) is 60.7 Å². The van der Waals surface area contributed by atoms with Crippen molar-refractivity contribution in [2.75, 3.05) is 5.32 Å². The molecule has 0 aliphatic carbocycles. The highest BCUT2D eigenvalue weighted by molar-refractivity contribution is 5.93. The molecule has 0 saturated carbocycles. The third-order valence-corrected chi connectivity index (χ3v) is 3.69. The summed E-state index contributed by atoms with van der Waals surface area (Å²) in [7, 11) is 0. The summed E-state index contributed by atoms with van der Waals surface area (Å²) < 4.78 is 5.80. The van der Waals surface area contributed by atoms with E-state index < -0.39 is 6.04 Å². The molecule has 3 N–H and O–H groups in total. The Kier molecular flexibility index (Phi) is 4.72. The van der Waals surface area contributed by atoms with Crippen molar-refractivity contribution in [3.8, 4) is 11.6 Å². The van der Waals surface area contributed by atoms with E-state index in [1.54, 1.807) is 18.2 Å². The molecule has 1 amide bonds. The fourth-order valence-electron chi connectivity index (χ4n) is 2.30. The zero-order chi connectivity index (χ0) is 16.9. The van der Waals surface area contributed by atoms with Crippen LogP contribution in [0.2, 0.25) is 0 Å². The molecule has 0 radical (unpaired) electrons. The van der Waals surface area contributed by atoms with E-state index in [-0.39, 0.29) is 5.91 Å². The minimum absolute atomic E-state index is 0.257. The van der Waals surface area contributed by atoms with Crippen LogP contribution in [-0.4, -0.2) is 16.9 Å². The van der Waals surface area contributed by atoms with Gasteiger partial charge in [-0.2, -0.15) is 4.98 Å². The Hall–Kier alpha value is -2.92. The van der Waals surface area contributed by atoms with Crippen molar-refractivity contribution in [3.63, 3.8) is 0 Å². The first kappa shape index (κ1) is 16.0. The highest BCUT2D eigenvalue weighted by Crippen LogP contribution is 2.25. The molecular weight excluding hydrogens is 302 g/mol. The van der Waals surface area contributed by atoms with E-state index in [1.165, 1.54) is 0 Å². The van der Waals surface area contributed by atoms with Crippen LogP contribution >= 0.6 is 0 Å². The summed E-state index contributed by atoms with van der Waals surface area (Å²) in [6.07, 6.45) is 0.569. The number of pyridine rings is 1. The third kappa shape index (κ3) is 3.70. The van der Waals surface area contributed by atoms with Gasteiger partial charge in [-0.25, -0.2) is 0 Å². The van der Waals surface area contributed by atoms with E-state index in [9.17, 15) is 4.79 Å². The lowest BCUT2D eigenvalue weighted by Gasteiger charge is -2.11. The molecule has 0 bridgehead atoms. The Morgan fingerprint density at radius 2 is 1.92 bits per heavy atom. The van der Waals surface area contributed by atoms with E-state index in [1.807, 2.05) is 49.4 Å². The molecule has 5 heteroatoms. The summed E-state index contributed by atoms with van der Waals surface area (Å²) in [6, 6.07) is 18.6. The lowest BCUT2D eigenvalue weighted by Crippen LogP contribution is -2.35. The molecule has 24 heavy (non-hydrogen) atoms. The number of amides is 1. The number of hydrogen-bond donors (Lipinski definition) is 2. The van der Waals surface area contributed by atoms with Crippen molar-refractivity contribution < 1.29 is 9.53 Å². The summed E-state index contributed by atoms with van der Waals surface area (Å²) in [5, 5.41) is 4.93. The van der Waals surface area contributed by atoms with Gasteiger partial charge in [-0.15, -0.1) is 0 Å². The molecule has 3 aromatic rings. The zero-order valence-electron chi connectivity index (χ0n) is 13.4. The van der Waals surface area contributed by atoms with Gasteiger partial charge >= 0.3 is 0 Å². The van der Waals surface area contributed by atoms with E-state index in [0.29, 0.717) is 23.9 Å². The third-order valence-electron chi connectivity index (χ3n) is 3.69. The quantitative estimate of drug-likeness (QED) is 0.751. The standard InChI is InChI=1S/C19H19N3O2/c1-2-16(20)19(23)22-17-8-5-9-18(21-17)24-15-11-10-13-6-3-4-7-14(13)12-15/h3-12,16H,2,20H2,1H3,(H,21,22,23). The molecule has 5 nitrogen and oxygen atoms in total. The molecule has 0 aliphatic rings. The monoisotopic (exact) mass is 321 g/mol. The average Bonchev–Trinajstić information content (AvgIpc) is 2.61. The molecule has 0 spiro atoms. The van der Waals surface area contributed by atoms with Crippen molar-refractivity contribution in [2.45, 2.75) is 19.4 Å². The number of carbonyl (C=O) groups is 1. The lowest BCUT2D eigenvalue weighted by atomic mass is 10.1. The number of nitrogens with two attached hydrogens (primary N) is 1. The van der Waals surface area contributed by atoms with Gasteiger partial charge < -0.3 is 15.8 Å². The first-order valence-corrected chi connectivity index (χ1v) is 7.86. The molecule has 0 fully saturated rings. The first-order valence-electron chi connectivity index (χ1n) is 7.86. The second-order valence-corrected chi connectivity index (χ2v) is 5.48. The number of benzene rings is 2. The minimum Gasteiger partial charge on any atom is -0.439 e. The summed E-state index contributed by atoms with van der Waals surface area (Å²) in [5.74, 6) is 1.26. The predicted octanol–water partition coefficient (Wildman–Crippen LogP) is 3.70. The smallest absolute Gasteiger partial charge is 0.242 e. The van der Waals surface area contributed by atoms with Crippen molar-refractivity contribution in [3.05, 3.63) is 60.7 Å². The van der Waals surface area contributed by atoms with E-state index in [4.69, 9.17) is 10.5 Å². The number of anilines is 1. The SMILES string of the molecule is CCC(N)C(=O)Nc1cccc(Oc2ccc3ccccc3c2)n1. The fourth-order valence-corrected chi connectivity index (χ4v) is 2.30. The number of nitrogens with one attached hydrogen (secondary N) is 1. The zero-order valence-corrected chi connectivity index (χ0v) is 13.4. The second-order valence-electron chi connectivity index (χ2n) is 5.48. The maximum absolute atomic E-state index is 11.8. The number of fused-ring (bicyclic) bond motifs is 1. The Labute approximate surface area is 140 Å². The number of nitrogens with zero attached hydrogens (tertiary/aromatic N) is 1. The van der Waals surface area contributed by atoms with Crippen LogP contribution in [0.25, 0.3) is 10.8 Å². The van der Waals surface area contributed by atoms with Crippen LogP contribution in [0.3, 0.4) is 0 Å². The Balaban J connectivity index is 1.77. The van der Waals surface area contributed by atoms with Crippen molar-refractivity contribution in [2.24, 2.45) is 5.73 Å². The maximum Gasteiger partial charge on any atom is 0.242 e. The largest absolute Gasteiger partial charge is 0.439 e. The Morgan fingerprint density at radius 1 is 1.12 bits per heavy atom. The van der Waals surface area contributed by atoms with Gasteiger partial charge in [-0.05, 0) is 35.4 Å². The molecule has 0 aliphatic heterocycles. The fraction of sp³-hybridized carbons (Fsp3) is 0.158.